The largest absolute Gasteiger partial charge is 0.229 e. The monoisotopic (exact) mass is 286 g/mol. The Bertz CT molecular complexity index is 468. The summed E-state index contributed by atoms with van der Waals surface area (Å²) in [6.07, 6.45) is 12.3. The van der Waals surface area contributed by atoms with Crippen LogP contribution in [0.5, 0.6) is 0 Å². The summed E-state index contributed by atoms with van der Waals surface area (Å²) < 4.78 is 0. The zero-order chi connectivity index (χ0) is 14.2. The third kappa shape index (κ3) is 2.64. The lowest BCUT2D eigenvalue weighted by Crippen LogP contribution is -2.37. The molecule has 114 valence electrons. The molecule has 21 heavy (non-hydrogen) atoms. The molecule has 1 saturated heterocycles. The van der Waals surface area contributed by atoms with Crippen LogP contribution in [0.1, 0.15) is 75.7 Å². The second kappa shape index (κ2) is 5.40. The third-order valence-corrected chi connectivity index (χ3v) is 5.97. The lowest BCUT2D eigenvalue weighted by molar-refractivity contribution is -0.358. The molecule has 0 aromatic heterocycles. The summed E-state index contributed by atoms with van der Waals surface area (Å²) in [6, 6.07) is 11.0. The van der Waals surface area contributed by atoms with Gasteiger partial charge in [0.1, 0.15) is 11.2 Å². The Morgan fingerprint density at radius 1 is 0.762 bits per heavy atom. The molecule has 0 radical (unpaired) electrons. The van der Waals surface area contributed by atoms with E-state index in [2.05, 4.69) is 30.3 Å². The standard InChI is InChI=1S/C19H26O2/c1-3-7-16(8-4-1)17-9-13-19(14-10-17)15-18(20-21-19)11-5-2-6-12-18/h1,3-4,7-8,17H,2,5-6,9-15H2. The zero-order valence-corrected chi connectivity index (χ0v) is 12.9. The normalized spacial score (nSPS) is 35.3. The fraction of sp³-hybridized carbons (Fsp3) is 0.684. The number of hydrogen-bond donors (Lipinski definition) is 0. The molecular weight excluding hydrogens is 260 g/mol. The van der Waals surface area contributed by atoms with Crippen LogP contribution in [-0.4, -0.2) is 11.2 Å². The van der Waals surface area contributed by atoms with Crippen molar-refractivity contribution in [3.05, 3.63) is 35.9 Å². The van der Waals surface area contributed by atoms with Crippen LogP contribution in [0, 0.1) is 0 Å². The molecule has 1 aliphatic heterocycles. The molecule has 2 aliphatic carbocycles. The SMILES string of the molecule is c1ccc(C2CCC3(CC2)CC2(CCCCC2)OO3)cc1. The quantitative estimate of drug-likeness (QED) is 0.666. The van der Waals surface area contributed by atoms with E-state index in [4.69, 9.17) is 9.78 Å². The Kier molecular flexibility index (Phi) is 3.55. The maximum atomic E-state index is 5.96. The Morgan fingerprint density at radius 2 is 1.38 bits per heavy atom. The molecule has 0 amide bonds. The van der Waals surface area contributed by atoms with Crippen molar-refractivity contribution in [2.75, 3.05) is 0 Å². The van der Waals surface area contributed by atoms with Crippen LogP contribution in [0.4, 0.5) is 0 Å². The molecule has 2 saturated carbocycles. The van der Waals surface area contributed by atoms with Crippen LogP contribution < -0.4 is 0 Å². The molecule has 0 atom stereocenters. The fourth-order valence-corrected chi connectivity index (χ4v) is 4.74. The topological polar surface area (TPSA) is 18.5 Å². The average molecular weight is 286 g/mol. The lowest BCUT2D eigenvalue weighted by Gasteiger charge is -2.36. The average Bonchev–Trinajstić information content (AvgIpc) is 2.88. The van der Waals surface area contributed by atoms with E-state index in [0.717, 1.165) is 19.3 Å². The Balaban J connectivity index is 1.41. The first-order valence-corrected chi connectivity index (χ1v) is 8.71. The molecule has 0 N–H and O–H groups in total. The van der Waals surface area contributed by atoms with E-state index < -0.39 is 0 Å². The molecule has 1 aromatic carbocycles. The first kappa shape index (κ1) is 13.8. The molecular formula is C19H26O2. The van der Waals surface area contributed by atoms with E-state index in [0.29, 0.717) is 5.92 Å². The predicted molar refractivity (Wildman–Crippen MR) is 83.0 cm³/mol. The molecule has 4 rings (SSSR count). The van der Waals surface area contributed by atoms with Crippen molar-refractivity contribution in [2.24, 2.45) is 0 Å². The maximum absolute atomic E-state index is 5.96. The summed E-state index contributed by atoms with van der Waals surface area (Å²) in [5, 5.41) is 0. The summed E-state index contributed by atoms with van der Waals surface area (Å²) in [7, 11) is 0. The van der Waals surface area contributed by atoms with Crippen molar-refractivity contribution in [3.63, 3.8) is 0 Å². The molecule has 2 spiro atoms. The van der Waals surface area contributed by atoms with Crippen molar-refractivity contribution in [1.82, 2.24) is 0 Å². The maximum Gasteiger partial charge on any atom is 0.106 e. The van der Waals surface area contributed by atoms with Crippen molar-refractivity contribution in [3.8, 4) is 0 Å². The molecule has 2 nitrogen and oxygen atoms in total. The highest BCUT2D eigenvalue weighted by Gasteiger charge is 2.52. The van der Waals surface area contributed by atoms with Crippen LogP contribution in [0.25, 0.3) is 0 Å². The molecule has 0 bridgehead atoms. The van der Waals surface area contributed by atoms with Gasteiger partial charge in [0, 0.05) is 6.42 Å². The summed E-state index contributed by atoms with van der Waals surface area (Å²) in [5.74, 6) is 0.711. The number of hydrogen-bond acceptors (Lipinski definition) is 2. The van der Waals surface area contributed by atoms with Gasteiger partial charge in [-0.3, -0.25) is 0 Å². The van der Waals surface area contributed by atoms with Crippen LogP contribution in [0.3, 0.4) is 0 Å². The molecule has 3 fully saturated rings. The Labute approximate surface area is 127 Å². The van der Waals surface area contributed by atoms with Gasteiger partial charge in [0.25, 0.3) is 0 Å². The molecule has 1 aromatic rings. The van der Waals surface area contributed by atoms with Crippen molar-refractivity contribution in [1.29, 1.82) is 0 Å². The van der Waals surface area contributed by atoms with Gasteiger partial charge in [0.15, 0.2) is 0 Å². The lowest BCUT2D eigenvalue weighted by atomic mass is 9.70. The van der Waals surface area contributed by atoms with Crippen molar-refractivity contribution in [2.45, 2.75) is 81.3 Å². The van der Waals surface area contributed by atoms with Gasteiger partial charge in [-0.15, -0.1) is 0 Å². The van der Waals surface area contributed by atoms with E-state index in [-0.39, 0.29) is 11.2 Å². The van der Waals surface area contributed by atoms with Crippen LogP contribution in [0.15, 0.2) is 30.3 Å². The van der Waals surface area contributed by atoms with E-state index in [1.807, 2.05) is 0 Å². The van der Waals surface area contributed by atoms with Crippen molar-refractivity contribution >= 4 is 0 Å². The highest BCUT2D eigenvalue weighted by atomic mass is 17.2. The van der Waals surface area contributed by atoms with E-state index in [1.54, 1.807) is 0 Å². The molecule has 1 heterocycles. The van der Waals surface area contributed by atoms with Gasteiger partial charge in [-0.05, 0) is 50.0 Å². The molecule has 0 unspecified atom stereocenters. The van der Waals surface area contributed by atoms with E-state index in [1.165, 1.54) is 50.5 Å². The van der Waals surface area contributed by atoms with Gasteiger partial charge in [-0.25, -0.2) is 9.78 Å². The molecule has 2 heteroatoms. The van der Waals surface area contributed by atoms with Crippen LogP contribution >= 0.6 is 0 Å². The van der Waals surface area contributed by atoms with E-state index >= 15 is 0 Å². The Morgan fingerprint density at radius 3 is 2.05 bits per heavy atom. The summed E-state index contributed by atoms with van der Waals surface area (Å²) in [6.45, 7) is 0. The second-order valence-corrected chi connectivity index (χ2v) is 7.46. The summed E-state index contributed by atoms with van der Waals surface area (Å²) in [5.41, 5.74) is 1.60. The highest BCUT2D eigenvalue weighted by molar-refractivity contribution is 5.20. The molecule has 3 aliphatic rings. The first-order valence-electron chi connectivity index (χ1n) is 8.71. The highest BCUT2D eigenvalue weighted by Crippen LogP contribution is 2.52. The van der Waals surface area contributed by atoms with Gasteiger partial charge in [-0.2, -0.15) is 0 Å². The number of benzene rings is 1. The predicted octanol–water partition coefficient (Wildman–Crippen LogP) is 5.14. The smallest absolute Gasteiger partial charge is 0.106 e. The minimum absolute atomic E-state index is 0.0304. The van der Waals surface area contributed by atoms with E-state index in [9.17, 15) is 0 Å². The van der Waals surface area contributed by atoms with Gasteiger partial charge < -0.3 is 0 Å². The zero-order valence-electron chi connectivity index (χ0n) is 12.9. The minimum Gasteiger partial charge on any atom is -0.229 e. The van der Waals surface area contributed by atoms with Crippen LogP contribution in [0.2, 0.25) is 0 Å². The van der Waals surface area contributed by atoms with Crippen molar-refractivity contribution < 1.29 is 9.78 Å². The van der Waals surface area contributed by atoms with Crippen LogP contribution in [-0.2, 0) is 9.78 Å². The van der Waals surface area contributed by atoms with Gasteiger partial charge >= 0.3 is 0 Å². The van der Waals surface area contributed by atoms with Gasteiger partial charge in [0.05, 0.1) is 0 Å². The van der Waals surface area contributed by atoms with Gasteiger partial charge in [-0.1, -0.05) is 49.6 Å². The number of rotatable bonds is 1. The fourth-order valence-electron chi connectivity index (χ4n) is 4.74. The third-order valence-electron chi connectivity index (χ3n) is 5.97. The van der Waals surface area contributed by atoms with Gasteiger partial charge in [0.2, 0.25) is 0 Å². The second-order valence-electron chi connectivity index (χ2n) is 7.46. The summed E-state index contributed by atoms with van der Waals surface area (Å²) >= 11 is 0. The minimum atomic E-state index is 0.0304. The Hall–Kier alpha value is -0.860. The summed E-state index contributed by atoms with van der Waals surface area (Å²) in [4.78, 5) is 11.9. The first-order chi connectivity index (χ1) is 10.3.